The predicted octanol–water partition coefficient (Wildman–Crippen LogP) is 1.02. The molecule has 150 valence electrons. The minimum absolute atomic E-state index is 0.232. The summed E-state index contributed by atoms with van der Waals surface area (Å²) in [5, 5.41) is 9.21. The van der Waals surface area contributed by atoms with Crippen molar-refractivity contribution in [2.45, 2.75) is 36.7 Å². The highest BCUT2D eigenvalue weighted by atomic mass is 32.2. The molecule has 1 aromatic carbocycles. The van der Waals surface area contributed by atoms with E-state index in [1.54, 1.807) is 31.2 Å². The summed E-state index contributed by atoms with van der Waals surface area (Å²) >= 11 is 0. The number of nitrogens with zero attached hydrogens (tertiary/aromatic N) is 2. The molecule has 0 aromatic heterocycles. The van der Waals surface area contributed by atoms with Crippen molar-refractivity contribution in [2.24, 2.45) is 0 Å². The number of carboxylic acids is 1. The van der Waals surface area contributed by atoms with E-state index in [1.165, 1.54) is 4.31 Å². The predicted molar refractivity (Wildman–Crippen MR) is 98.3 cm³/mol. The van der Waals surface area contributed by atoms with Crippen molar-refractivity contribution in [3.8, 4) is 5.75 Å². The van der Waals surface area contributed by atoms with Crippen LogP contribution < -0.4 is 4.74 Å². The van der Waals surface area contributed by atoms with E-state index in [2.05, 4.69) is 0 Å². The third-order valence-corrected chi connectivity index (χ3v) is 6.83. The smallest absolute Gasteiger partial charge is 0.320 e. The Bertz CT molecular complexity index is 742. The van der Waals surface area contributed by atoms with Crippen molar-refractivity contribution >= 4 is 16.0 Å². The van der Waals surface area contributed by atoms with Gasteiger partial charge in [-0.15, -0.1) is 0 Å². The number of carboxylic acid groups (broad SMARTS) is 1. The molecule has 0 spiro atoms. The largest absolute Gasteiger partial charge is 0.492 e. The summed E-state index contributed by atoms with van der Waals surface area (Å²) in [7, 11) is -3.51. The molecule has 1 aliphatic heterocycles. The molecule has 3 rings (SSSR count). The number of morpholine rings is 1. The van der Waals surface area contributed by atoms with E-state index in [0.29, 0.717) is 51.2 Å². The van der Waals surface area contributed by atoms with Crippen molar-refractivity contribution in [1.29, 1.82) is 0 Å². The average molecular weight is 398 g/mol. The highest BCUT2D eigenvalue weighted by Crippen LogP contribution is 2.28. The summed E-state index contributed by atoms with van der Waals surface area (Å²) in [6.07, 6.45) is 2.04. The topological polar surface area (TPSA) is 96.4 Å². The Kier molecular flexibility index (Phi) is 6.36. The Balaban J connectivity index is 1.55. The van der Waals surface area contributed by atoms with Crippen LogP contribution in [0, 0.1) is 0 Å². The third-order valence-electron chi connectivity index (χ3n) is 4.92. The molecule has 1 atom stereocenters. The number of carbonyl (C=O) groups is 1. The summed E-state index contributed by atoms with van der Waals surface area (Å²) < 4.78 is 37.5. The molecule has 0 bridgehead atoms. The molecule has 2 aliphatic rings. The molecule has 0 amide bonds. The first-order valence-corrected chi connectivity index (χ1v) is 10.6. The van der Waals surface area contributed by atoms with Crippen LogP contribution in [0.2, 0.25) is 0 Å². The lowest BCUT2D eigenvalue weighted by molar-refractivity contribution is -0.143. The van der Waals surface area contributed by atoms with Crippen LogP contribution in [0.1, 0.15) is 19.8 Å². The van der Waals surface area contributed by atoms with E-state index in [-0.39, 0.29) is 4.90 Å². The second-order valence-corrected chi connectivity index (χ2v) is 8.76. The van der Waals surface area contributed by atoms with Crippen molar-refractivity contribution < 1.29 is 27.8 Å². The standard InChI is InChI=1S/C18H26N2O6S/c1-14(18(21)22)20(15-2-3-15)10-13-26-16-4-6-17(7-5-16)27(23,24)19-8-11-25-12-9-19/h4-7,14-15H,2-3,8-13H2,1H3,(H,21,22). The third kappa shape index (κ3) is 4.98. The normalized spacial score (nSPS) is 19.8. The average Bonchev–Trinajstić information content (AvgIpc) is 3.51. The van der Waals surface area contributed by atoms with Gasteiger partial charge in [-0.1, -0.05) is 0 Å². The van der Waals surface area contributed by atoms with Gasteiger partial charge in [-0.05, 0) is 44.0 Å². The summed E-state index contributed by atoms with van der Waals surface area (Å²) in [5.41, 5.74) is 0. The molecule has 9 heteroatoms. The second-order valence-electron chi connectivity index (χ2n) is 6.82. The monoisotopic (exact) mass is 398 g/mol. The van der Waals surface area contributed by atoms with Crippen LogP contribution in [0.4, 0.5) is 0 Å². The zero-order valence-corrected chi connectivity index (χ0v) is 16.2. The highest BCUT2D eigenvalue weighted by Gasteiger charge is 2.34. The highest BCUT2D eigenvalue weighted by molar-refractivity contribution is 7.89. The number of ether oxygens (including phenoxy) is 2. The molecule has 8 nitrogen and oxygen atoms in total. The van der Waals surface area contributed by atoms with Gasteiger partial charge in [0.05, 0.1) is 18.1 Å². The van der Waals surface area contributed by atoms with Gasteiger partial charge in [0.25, 0.3) is 0 Å². The number of rotatable bonds is 9. The lowest BCUT2D eigenvalue weighted by Gasteiger charge is -2.26. The van der Waals surface area contributed by atoms with Crippen molar-refractivity contribution in [2.75, 3.05) is 39.5 Å². The van der Waals surface area contributed by atoms with Crippen molar-refractivity contribution in [3.05, 3.63) is 24.3 Å². The van der Waals surface area contributed by atoms with Crippen LogP contribution in [0.25, 0.3) is 0 Å². The molecule has 27 heavy (non-hydrogen) atoms. The van der Waals surface area contributed by atoms with Gasteiger partial charge < -0.3 is 14.6 Å². The summed E-state index contributed by atoms with van der Waals surface area (Å²) in [6.45, 7) is 4.10. The van der Waals surface area contributed by atoms with Gasteiger partial charge >= 0.3 is 5.97 Å². The maximum Gasteiger partial charge on any atom is 0.320 e. The van der Waals surface area contributed by atoms with Gasteiger partial charge in [0, 0.05) is 25.7 Å². The van der Waals surface area contributed by atoms with Crippen LogP contribution in [-0.4, -0.2) is 80.2 Å². The van der Waals surface area contributed by atoms with Crippen LogP contribution in [0.15, 0.2) is 29.2 Å². The van der Waals surface area contributed by atoms with E-state index in [4.69, 9.17) is 9.47 Å². The molecular formula is C18H26N2O6S. The summed E-state index contributed by atoms with van der Waals surface area (Å²) in [6, 6.07) is 6.13. The lowest BCUT2D eigenvalue weighted by Crippen LogP contribution is -2.42. The molecule has 1 saturated carbocycles. The zero-order chi connectivity index (χ0) is 19.4. The number of sulfonamides is 1. The Hall–Kier alpha value is -1.68. The van der Waals surface area contributed by atoms with Gasteiger partial charge in [0.15, 0.2) is 0 Å². The zero-order valence-electron chi connectivity index (χ0n) is 15.4. The Labute approximate surface area is 159 Å². The van der Waals surface area contributed by atoms with Gasteiger partial charge in [0.1, 0.15) is 18.4 Å². The molecule has 1 saturated heterocycles. The lowest BCUT2D eigenvalue weighted by atomic mass is 10.2. The molecule has 1 aliphatic carbocycles. The Morgan fingerprint density at radius 2 is 1.93 bits per heavy atom. The van der Waals surface area contributed by atoms with Crippen molar-refractivity contribution in [1.82, 2.24) is 9.21 Å². The minimum atomic E-state index is -3.51. The molecule has 1 heterocycles. The van der Waals surface area contributed by atoms with E-state index < -0.39 is 22.0 Å². The first-order valence-electron chi connectivity index (χ1n) is 9.19. The Morgan fingerprint density at radius 3 is 2.48 bits per heavy atom. The fraction of sp³-hybridized carbons (Fsp3) is 0.611. The number of benzene rings is 1. The summed E-state index contributed by atoms with van der Waals surface area (Å²) in [4.78, 5) is 13.4. The quantitative estimate of drug-likeness (QED) is 0.663. The fourth-order valence-corrected chi connectivity index (χ4v) is 4.56. The molecule has 1 unspecified atom stereocenters. The van der Waals surface area contributed by atoms with Gasteiger partial charge in [0.2, 0.25) is 10.0 Å². The number of aliphatic carboxylic acids is 1. The maximum absolute atomic E-state index is 12.6. The van der Waals surface area contributed by atoms with Crippen LogP contribution >= 0.6 is 0 Å². The van der Waals surface area contributed by atoms with Crippen molar-refractivity contribution in [3.63, 3.8) is 0 Å². The first-order chi connectivity index (χ1) is 12.9. The van der Waals surface area contributed by atoms with Gasteiger partial charge in [-0.25, -0.2) is 8.42 Å². The van der Waals surface area contributed by atoms with Gasteiger partial charge in [-0.2, -0.15) is 4.31 Å². The first kappa shape index (κ1) is 20.1. The van der Waals surface area contributed by atoms with Crippen LogP contribution in [0.3, 0.4) is 0 Å². The molecule has 2 fully saturated rings. The molecular weight excluding hydrogens is 372 g/mol. The van der Waals surface area contributed by atoms with Crippen LogP contribution in [0.5, 0.6) is 5.75 Å². The summed E-state index contributed by atoms with van der Waals surface area (Å²) in [5.74, 6) is -0.269. The Morgan fingerprint density at radius 1 is 1.30 bits per heavy atom. The minimum Gasteiger partial charge on any atom is -0.492 e. The molecule has 0 radical (unpaired) electrons. The molecule has 1 aromatic rings. The van der Waals surface area contributed by atoms with E-state index >= 15 is 0 Å². The van der Waals surface area contributed by atoms with E-state index in [1.807, 2.05) is 4.90 Å². The van der Waals surface area contributed by atoms with E-state index in [0.717, 1.165) is 12.8 Å². The second kappa shape index (κ2) is 8.55. The van der Waals surface area contributed by atoms with Crippen LogP contribution in [-0.2, 0) is 19.6 Å². The van der Waals surface area contributed by atoms with E-state index in [9.17, 15) is 18.3 Å². The van der Waals surface area contributed by atoms with Gasteiger partial charge in [-0.3, -0.25) is 9.69 Å². The SMILES string of the molecule is CC(C(=O)O)N(CCOc1ccc(S(=O)(=O)N2CCOCC2)cc1)C1CC1. The molecule has 1 N–H and O–H groups in total. The fourth-order valence-electron chi connectivity index (χ4n) is 3.15. The number of hydrogen-bond acceptors (Lipinski definition) is 6. The number of hydrogen-bond donors (Lipinski definition) is 1. The maximum atomic E-state index is 12.6.